The molecule has 1 fully saturated rings. The molecule has 0 aromatic heterocycles. The van der Waals surface area contributed by atoms with Crippen molar-refractivity contribution in [3.05, 3.63) is 35.4 Å². The van der Waals surface area contributed by atoms with Gasteiger partial charge in [-0.15, -0.1) is 11.6 Å². The minimum Gasteiger partial charge on any atom is -0.341 e. The number of alkyl halides is 1. The lowest BCUT2D eigenvalue weighted by Crippen LogP contribution is -2.35. The van der Waals surface area contributed by atoms with Crippen LogP contribution in [0.2, 0.25) is 0 Å². The maximum absolute atomic E-state index is 12.7. The molecule has 0 N–H and O–H groups in total. The molecule has 2 nitrogen and oxygen atoms in total. The number of fused-ring (bicyclic) bond motifs is 3. The van der Waals surface area contributed by atoms with Gasteiger partial charge < -0.3 is 4.90 Å². The summed E-state index contributed by atoms with van der Waals surface area (Å²) in [5.41, 5.74) is 2.87. The van der Waals surface area contributed by atoms with Gasteiger partial charge in [-0.1, -0.05) is 31.2 Å². The Kier molecular flexibility index (Phi) is 4.02. The van der Waals surface area contributed by atoms with Crippen molar-refractivity contribution in [1.29, 1.82) is 0 Å². The zero-order valence-electron chi connectivity index (χ0n) is 12.0. The van der Waals surface area contributed by atoms with Crippen LogP contribution in [0.5, 0.6) is 0 Å². The lowest BCUT2D eigenvalue weighted by Gasteiger charge is -2.21. The van der Waals surface area contributed by atoms with Gasteiger partial charge >= 0.3 is 0 Å². The van der Waals surface area contributed by atoms with Crippen LogP contribution in [0.4, 0.5) is 0 Å². The number of rotatable bonds is 5. The quantitative estimate of drug-likeness (QED) is 0.761. The Hall–Kier alpha value is -1.02. The average molecular weight is 292 g/mol. The van der Waals surface area contributed by atoms with Crippen molar-refractivity contribution in [2.45, 2.75) is 32.1 Å². The smallest absolute Gasteiger partial charge is 0.226 e. The molecule has 3 heteroatoms. The van der Waals surface area contributed by atoms with E-state index in [4.69, 9.17) is 11.6 Å². The van der Waals surface area contributed by atoms with Crippen LogP contribution in [-0.2, 0) is 11.2 Å². The monoisotopic (exact) mass is 291 g/mol. The molecule has 3 rings (SSSR count). The highest BCUT2D eigenvalue weighted by Gasteiger charge is 2.57. The lowest BCUT2D eigenvalue weighted by atomic mass is 9.92. The average Bonchev–Trinajstić information content (AvgIpc) is 3.21. The van der Waals surface area contributed by atoms with Crippen molar-refractivity contribution >= 4 is 17.5 Å². The van der Waals surface area contributed by atoms with Crippen LogP contribution in [0.15, 0.2) is 24.3 Å². The Labute approximate surface area is 126 Å². The van der Waals surface area contributed by atoms with Crippen molar-refractivity contribution in [2.24, 2.45) is 11.8 Å². The van der Waals surface area contributed by atoms with Gasteiger partial charge in [0.25, 0.3) is 0 Å². The fourth-order valence-electron chi connectivity index (χ4n) is 3.82. The molecular formula is C17H22ClNO. The van der Waals surface area contributed by atoms with Crippen LogP contribution < -0.4 is 0 Å². The molecule has 2 aliphatic carbocycles. The van der Waals surface area contributed by atoms with E-state index in [1.807, 2.05) is 4.90 Å². The fraction of sp³-hybridized carbons (Fsp3) is 0.588. The molecule has 0 spiro atoms. The molecule has 108 valence electrons. The van der Waals surface area contributed by atoms with E-state index in [2.05, 4.69) is 31.2 Å². The lowest BCUT2D eigenvalue weighted by molar-refractivity contribution is -0.132. The van der Waals surface area contributed by atoms with E-state index in [9.17, 15) is 4.79 Å². The first-order chi connectivity index (χ1) is 9.77. The van der Waals surface area contributed by atoms with Crippen LogP contribution >= 0.6 is 11.6 Å². The summed E-state index contributed by atoms with van der Waals surface area (Å²) < 4.78 is 0. The number of nitrogens with zero attached hydrogens (tertiary/aromatic N) is 1. The van der Waals surface area contributed by atoms with E-state index in [1.165, 1.54) is 17.5 Å². The molecule has 1 aromatic rings. The second-order valence-corrected chi connectivity index (χ2v) is 6.35. The van der Waals surface area contributed by atoms with E-state index in [-0.39, 0.29) is 5.92 Å². The summed E-state index contributed by atoms with van der Waals surface area (Å²) in [6.45, 7) is 3.64. The molecule has 3 atom stereocenters. The third-order valence-electron chi connectivity index (χ3n) is 4.77. The van der Waals surface area contributed by atoms with Crippen LogP contribution in [0.1, 0.15) is 36.8 Å². The zero-order chi connectivity index (χ0) is 14.1. The molecular weight excluding hydrogens is 270 g/mol. The molecule has 0 saturated heterocycles. The normalized spacial score (nSPS) is 26.6. The maximum atomic E-state index is 12.7. The summed E-state index contributed by atoms with van der Waals surface area (Å²) in [7, 11) is 0. The number of hydrogen-bond acceptors (Lipinski definition) is 1. The van der Waals surface area contributed by atoms with Crippen LogP contribution in [-0.4, -0.2) is 29.8 Å². The second-order valence-electron chi connectivity index (χ2n) is 5.97. The number of amides is 1. The summed E-state index contributed by atoms with van der Waals surface area (Å²) in [5.74, 6) is 2.13. The van der Waals surface area contributed by atoms with Crippen LogP contribution in [0.25, 0.3) is 0 Å². The van der Waals surface area contributed by atoms with Crippen molar-refractivity contribution in [3.63, 3.8) is 0 Å². The molecule has 0 aliphatic heterocycles. The van der Waals surface area contributed by atoms with Gasteiger partial charge in [0, 0.05) is 24.9 Å². The van der Waals surface area contributed by atoms with Gasteiger partial charge in [-0.25, -0.2) is 0 Å². The number of carbonyl (C=O) groups is 1. The molecule has 0 bridgehead atoms. The van der Waals surface area contributed by atoms with Gasteiger partial charge in [-0.2, -0.15) is 0 Å². The molecule has 20 heavy (non-hydrogen) atoms. The molecule has 1 aromatic carbocycles. The third-order valence-corrected chi connectivity index (χ3v) is 4.94. The van der Waals surface area contributed by atoms with E-state index in [0.717, 1.165) is 19.4 Å². The number of hydrogen-bond donors (Lipinski definition) is 0. The molecule has 1 amide bonds. The highest BCUT2D eigenvalue weighted by molar-refractivity contribution is 6.18. The molecule has 3 unspecified atom stereocenters. The largest absolute Gasteiger partial charge is 0.341 e. The van der Waals surface area contributed by atoms with E-state index in [0.29, 0.717) is 30.2 Å². The number of carbonyl (C=O) groups excluding carboxylic acids is 1. The molecule has 0 radical (unpaired) electrons. The Morgan fingerprint density at radius 2 is 2.15 bits per heavy atom. The minimum absolute atomic E-state index is 0.216. The summed E-state index contributed by atoms with van der Waals surface area (Å²) >= 11 is 5.84. The van der Waals surface area contributed by atoms with Gasteiger partial charge in [-0.05, 0) is 42.2 Å². The molecule has 2 aliphatic rings. The Balaban J connectivity index is 1.76. The number of aryl methyl sites for hydroxylation is 1. The van der Waals surface area contributed by atoms with Crippen molar-refractivity contribution in [2.75, 3.05) is 19.0 Å². The summed E-state index contributed by atoms with van der Waals surface area (Å²) in [5, 5.41) is 0. The van der Waals surface area contributed by atoms with Crippen molar-refractivity contribution in [3.8, 4) is 0 Å². The maximum Gasteiger partial charge on any atom is 0.226 e. The summed E-state index contributed by atoms with van der Waals surface area (Å²) in [6.07, 6.45) is 3.30. The summed E-state index contributed by atoms with van der Waals surface area (Å²) in [4.78, 5) is 14.7. The number of benzene rings is 1. The first-order valence-corrected chi connectivity index (χ1v) is 8.24. The van der Waals surface area contributed by atoms with Gasteiger partial charge in [-0.3, -0.25) is 4.79 Å². The fourth-order valence-corrected chi connectivity index (χ4v) is 4.02. The Bertz CT molecular complexity index is 496. The zero-order valence-corrected chi connectivity index (χ0v) is 12.8. The predicted octanol–water partition coefficient (Wildman–Crippen LogP) is 3.44. The second kappa shape index (κ2) is 5.77. The van der Waals surface area contributed by atoms with Crippen molar-refractivity contribution < 1.29 is 4.79 Å². The standard InChI is InChI=1S/C17H22ClNO/c1-2-10-19(11-9-18)17(20)16-14-8-7-12-5-3-4-6-13(12)15(14)16/h3-6,14-16H,2,7-11H2,1H3. The van der Waals surface area contributed by atoms with Crippen LogP contribution in [0, 0.1) is 11.8 Å². The SMILES string of the molecule is CCCN(CCCl)C(=O)C1C2CCc3ccccc3C21. The van der Waals surface area contributed by atoms with E-state index < -0.39 is 0 Å². The highest BCUT2D eigenvalue weighted by atomic mass is 35.5. The third kappa shape index (κ3) is 2.35. The van der Waals surface area contributed by atoms with Gasteiger partial charge in [0.05, 0.1) is 0 Å². The predicted molar refractivity (Wildman–Crippen MR) is 82.1 cm³/mol. The van der Waals surface area contributed by atoms with Gasteiger partial charge in [0.1, 0.15) is 0 Å². The summed E-state index contributed by atoms with van der Waals surface area (Å²) in [6, 6.07) is 8.64. The van der Waals surface area contributed by atoms with Gasteiger partial charge in [0.2, 0.25) is 5.91 Å². The molecule has 0 heterocycles. The highest BCUT2D eigenvalue weighted by Crippen LogP contribution is 2.60. The number of halogens is 1. The van der Waals surface area contributed by atoms with E-state index >= 15 is 0 Å². The van der Waals surface area contributed by atoms with Crippen molar-refractivity contribution in [1.82, 2.24) is 4.90 Å². The minimum atomic E-state index is 0.216. The van der Waals surface area contributed by atoms with Gasteiger partial charge in [0.15, 0.2) is 0 Å². The molecule has 1 saturated carbocycles. The van der Waals surface area contributed by atoms with E-state index in [1.54, 1.807) is 0 Å². The first-order valence-electron chi connectivity index (χ1n) is 7.70. The van der Waals surface area contributed by atoms with Crippen LogP contribution in [0.3, 0.4) is 0 Å². The Morgan fingerprint density at radius 1 is 1.35 bits per heavy atom. The topological polar surface area (TPSA) is 20.3 Å². The first kappa shape index (κ1) is 13.9. The Morgan fingerprint density at radius 3 is 2.90 bits per heavy atom.